The first kappa shape index (κ1) is 20.1. The molecule has 1 saturated heterocycles. The molecule has 0 aromatic heterocycles. The first-order valence-corrected chi connectivity index (χ1v) is 8.83. The van der Waals surface area contributed by atoms with Crippen LogP contribution in [0.5, 0.6) is 5.75 Å². The Morgan fingerprint density at radius 2 is 2.00 bits per heavy atom. The number of hydrogen-bond donors (Lipinski definition) is 3. The number of nitro benzene ring substituents is 1. The number of ether oxygens (including phenoxy) is 1. The predicted octanol–water partition coefficient (Wildman–Crippen LogP) is 1.52. The number of hydrazone groups is 1. The van der Waals surface area contributed by atoms with Gasteiger partial charge in [0, 0.05) is 18.2 Å². The molecule has 2 atom stereocenters. The van der Waals surface area contributed by atoms with E-state index in [4.69, 9.17) is 4.74 Å². The third-order valence-electron chi connectivity index (χ3n) is 4.18. The standard InChI is InChI=1S/C19H19N5O5/c1-12-9-17(22-21-12)18(25)23-20-11-13-3-2-4-16(10-13)29-19(26)14-5-7-15(8-6-14)24(27)28/h2-8,10-12,17,21-22H,9H2,1H3,(H,23,25)/b20-11+. The molecule has 150 valence electrons. The fourth-order valence-electron chi connectivity index (χ4n) is 2.68. The van der Waals surface area contributed by atoms with Gasteiger partial charge in [-0.2, -0.15) is 5.10 Å². The average molecular weight is 397 g/mol. The van der Waals surface area contributed by atoms with Crippen LogP contribution in [0.15, 0.2) is 53.6 Å². The van der Waals surface area contributed by atoms with Gasteiger partial charge in [0.25, 0.3) is 11.6 Å². The Morgan fingerprint density at radius 3 is 2.66 bits per heavy atom. The van der Waals surface area contributed by atoms with Gasteiger partial charge in [-0.05, 0) is 43.2 Å². The van der Waals surface area contributed by atoms with Crippen LogP contribution in [0.2, 0.25) is 0 Å². The lowest BCUT2D eigenvalue weighted by molar-refractivity contribution is -0.384. The molecule has 1 heterocycles. The van der Waals surface area contributed by atoms with Crippen molar-refractivity contribution in [2.45, 2.75) is 25.4 Å². The fourth-order valence-corrected chi connectivity index (χ4v) is 2.68. The molecule has 1 fully saturated rings. The number of amides is 1. The number of hydrogen-bond acceptors (Lipinski definition) is 8. The number of nitro groups is 1. The smallest absolute Gasteiger partial charge is 0.343 e. The van der Waals surface area contributed by atoms with Crippen molar-refractivity contribution in [2.24, 2.45) is 5.10 Å². The van der Waals surface area contributed by atoms with E-state index in [2.05, 4.69) is 21.4 Å². The second kappa shape index (κ2) is 9.04. The summed E-state index contributed by atoms with van der Waals surface area (Å²) < 4.78 is 5.29. The van der Waals surface area contributed by atoms with Crippen molar-refractivity contribution in [2.75, 3.05) is 0 Å². The Hall–Kier alpha value is -3.63. The number of non-ortho nitro benzene ring substituents is 1. The fraction of sp³-hybridized carbons (Fsp3) is 0.211. The van der Waals surface area contributed by atoms with Crippen LogP contribution in [0.3, 0.4) is 0 Å². The SMILES string of the molecule is CC1CC(C(=O)N/N=C/c2cccc(OC(=O)c3ccc([N+](=O)[O-])cc3)c2)NN1. The first-order chi connectivity index (χ1) is 13.9. The molecular weight excluding hydrogens is 378 g/mol. The molecule has 10 nitrogen and oxygen atoms in total. The molecule has 0 saturated carbocycles. The van der Waals surface area contributed by atoms with Gasteiger partial charge in [-0.3, -0.25) is 20.3 Å². The second-order valence-electron chi connectivity index (χ2n) is 6.48. The molecule has 0 radical (unpaired) electrons. The van der Waals surface area contributed by atoms with Crippen LogP contribution in [-0.2, 0) is 4.79 Å². The molecule has 0 aliphatic carbocycles. The molecule has 0 spiro atoms. The first-order valence-electron chi connectivity index (χ1n) is 8.83. The summed E-state index contributed by atoms with van der Waals surface area (Å²) in [6.45, 7) is 1.97. The molecule has 3 rings (SSSR count). The zero-order valence-corrected chi connectivity index (χ0v) is 15.5. The highest BCUT2D eigenvalue weighted by atomic mass is 16.6. The van der Waals surface area contributed by atoms with Crippen LogP contribution < -0.4 is 21.0 Å². The zero-order chi connectivity index (χ0) is 20.8. The normalized spacial score (nSPS) is 18.5. The molecule has 1 aliphatic rings. The summed E-state index contributed by atoms with van der Waals surface area (Å²) in [6.07, 6.45) is 2.10. The topological polar surface area (TPSA) is 135 Å². The molecule has 3 N–H and O–H groups in total. The van der Waals surface area contributed by atoms with Gasteiger partial charge in [0.05, 0.1) is 16.7 Å². The Morgan fingerprint density at radius 1 is 1.24 bits per heavy atom. The summed E-state index contributed by atoms with van der Waals surface area (Å²) >= 11 is 0. The molecule has 10 heteroatoms. The van der Waals surface area contributed by atoms with Crippen molar-refractivity contribution in [3.8, 4) is 5.75 Å². The monoisotopic (exact) mass is 397 g/mol. The molecule has 0 bridgehead atoms. The summed E-state index contributed by atoms with van der Waals surface area (Å²) in [5, 5.41) is 14.6. The average Bonchev–Trinajstić information content (AvgIpc) is 3.15. The number of benzene rings is 2. The number of hydrazine groups is 1. The Bertz CT molecular complexity index is 944. The highest BCUT2D eigenvalue weighted by Crippen LogP contribution is 2.16. The van der Waals surface area contributed by atoms with Gasteiger partial charge in [0.1, 0.15) is 11.8 Å². The van der Waals surface area contributed by atoms with Crippen molar-refractivity contribution in [3.05, 3.63) is 69.8 Å². The lowest BCUT2D eigenvalue weighted by atomic mass is 10.1. The molecular formula is C19H19N5O5. The van der Waals surface area contributed by atoms with Crippen molar-refractivity contribution in [3.63, 3.8) is 0 Å². The van der Waals surface area contributed by atoms with Crippen LogP contribution in [-0.4, -0.2) is 35.1 Å². The maximum Gasteiger partial charge on any atom is 0.343 e. The number of nitrogens with one attached hydrogen (secondary N) is 3. The van der Waals surface area contributed by atoms with Crippen LogP contribution >= 0.6 is 0 Å². The van der Waals surface area contributed by atoms with Gasteiger partial charge < -0.3 is 4.74 Å². The molecule has 29 heavy (non-hydrogen) atoms. The minimum atomic E-state index is -0.642. The maximum atomic E-state index is 12.2. The quantitative estimate of drug-likeness (QED) is 0.221. The summed E-state index contributed by atoms with van der Waals surface area (Å²) in [5.74, 6) is -0.616. The largest absolute Gasteiger partial charge is 0.423 e. The van der Waals surface area contributed by atoms with E-state index in [1.54, 1.807) is 24.3 Å². The highest BCUT2D eigenvalue weighted by Gasteiger charge is 2.26. The van der Waals surface area contributed by atoms with E-state index in [9.17, 15) is 19.7 Å². The van der Waals surface area contributed by atoms with E-state index < -0.39 is 10.9 Å². The molecule has 2 aromatic carbocycles. The summed E-state index contributed by atoms with van der Waals surface area (Å²) in [6, 6.07) is 11.6. The van der Waals surface area contributed by atoms with Crippen molar-refractivity contribution in [1.29, 1.82) is 0 Å². The van der Waals surface area contributed by atoms with E-state index in [1.807, 2.05) is 6.92 Å². The van der Waals surface area contributed by atoms with Crippen molar-refractivity contribution < 1.29 is 19.2 Å². The summed E-state index contributed by atoms with van der Waals surface area (Å²) in [7, 11) is 0. The predicted molar refractivity (Wildman–Crippen MR) is 104 cm³/mol. The van der Waals surface area contributed by atoms with Crippen molar-refractivity contribution in [1.82, 2.24) is 16.3 Å². The Labute approximate surface area is 166 Å². The van der Waals surface area contributed by atoms with Crippen LogP contribution in [0, 0.1) is 10.1 Å². The van der Waals surface area contributed by atoms with Gasteiger partial charge >= 0.3 is 5.97 Å². The second-order valence-corrected chi connectivity index (χ2v) is 6.48. The van der Waals surface area contributed by atoms with E-state index in [0.717, 1.165) is 0 Å². The number of carbonyl (C=O) groups is 2. The van der Waals surface area contributed by atoms with E-state index in [-0.39, 0.29) is 35.0 Å². The molecule has 1 amide bonds. The molecule has 1 aliphatic heterocycles. The highest BCUT2D eigenvalue weighted by molar-refractivity contribution is 5.91. The number of nitrogens with zero attached hydrogens (tertiary/aromatic N) is 2. The van der Waals surface area contributed by atoms with Gasteiger partial charge in [0.2, 0.25) is 0 Å². The zero-order valence-electron chi connectivity index (χ0n) is 15.5. The third kappa shape index (κ3) is 5.43. The van der Waals surface area contributed by atoms with Gasteiger partial charge in [-0.25, -0.2) is 15.6 Å². The minimum absolute atomic E-state index is 0.111. The number of esters is 1. The van der Waals surface area contributed by atoms with Crippen LogP contribution in [0.1, 0.15) is 29.3 Å². The van der Waals surface area contributed by atoms with E-state index in [1.165, 1.54) is 30.5 Å². The lowest BCUT2D eigenvalue weighted by Crippen LogP contribution is -2.41. The third-order valence-corrected chi connectivity index (χ3v) is 4.18. The summed E-state index contributed by atoms with van der Waals surface area (Å²) in [5.41, 5.74) is 8.99. The summed E-state index contributed by atoms with van der Waals surface area (Å²) in [4.78, 5) is 34.3. The minimum Gasteiger partial charge on any atom is -0.423 e. The lowest BCUT2D eigenvalue weighted by Gasteiger charge is -2.07. The van der Waals surface area contributed by atoms with Gasteiger partial charge in [0.15, 0.2) is 0 Å². The molecule has 2 aromatic rings. The Balaban J connectivity index is 1.58. The van der Waals surface area contributed by atoms with Gasteiger partial charge in [-0.1, -0.05) is 12.1 Å². The van der Waals surface area contributed by atoms with Gasteiger partial charge in [-0.15, -0.1) is 0 Å². The number of carbonyl (C=O) groups excluding carboxylic acids is 2. The molecule has 2 unspecified atom stereocenters. The van der Waals surface area contributed by atoms with Crippen LogP contribution in [0.4, 0.5) is 5.69 Å². The van der Waals surface area contributed by atoms with Crippen molar-refractivity contribution >= 4 is 23.8 Å². The maximum absolute atomic E-state index is 12.2. The number of rotatable bonds is 6. The Kier molecular flexibility index (Phi) is 6.27. The van der Waals surface area contributed by atoms with Crippen LogP contribution in [0.25, 0.3) is 0 Å². The van der Waals surface area contributed by atoms with E-state index >= 15 is 0 Å². The van der Waals surface area contributed by atoms with E-state index in [0.29, 0.717) is 12.0 Å².